The second-order valence-corrected chi connectivity index (χ2v) is 6.32. The van der Waals surface area contributed by atoms with Crippen molar-refractivity contribution < 1.29 is 9.59 Å². The van der Waals surface area contributed by atoms with E-state index in [-0.39, 0.29) is 17.2 Å². The summed E-state index contributed by atoms with van der Waals surface area (Å²) in [6, 6.07) is 1.87. The summed E-state index contributed by atoms with van der Waals surface area (Å²) in [5.74, 6) is -0.201. The molecule has 0 saturated carbocycles. The number of hydrogen-bond donors (Lipinski definition) is 0. The summed E-state index contributed by atoms with van der Waals surface area (Å²) in [5.41, 5.74) is 0.631. The number of aromatic nitrogens is 1. The molecule has 1 aliphatic heterocycles. The normalized spacial score (nSPS) is 19.2. The molecule has 2 heterocycles. The van der Waals surface area contributed by atoms with Crippen molar-refractivity contribution in [3.63, 3.8) is 0 Å². The lowest BCUT2D eigenvalue weighted by Gasteiger charge is -2.34. The Hall–Kier alpha value is -1.23. The van der Waals surface area contributed by atoms with Crippen LogP contribution < -0.4 is 0 Å². The smallest absolute Gasteiger partial charge is 0.230 e. The average Bonchev–Trinajstić information content (AvgIpc) is 2.22. The van der Waals surface area contributed by atoms with Gasteiger partial charge in [-0.3, -0.25) is 19.5 Å². The number of carbonyl (C=O) groups excluding carboxylic acids is 2. The lowest BCUT2D eigenvalue weighted by Crippen LogP contribution is -2.45. The summed E-state index contributed by atoms with van der Waals surface area (Å²) >= 11 is 3.32. The fourth-order valence-corrected chi connectivity index (χ4v) is 2.52. The van der Waals surface area contributed by atoms with Crippen LogP contribution in [0.25, 0.3) is 0 Å². The van der Waals surface area contributed by atoms with E-state index in [1.807, 2.05) is 19.9 Å². The lowest BCUT2D eigenvalue weighted by atomic mass is 9.81. The van der Waals surface area contributed by atoms with Gasteiger partial charge in [-0.25, -0.2) is 0 Å². The molecule has 2 amide bonds. The largest absolute Gasteiger partial charge is 0.278 e. The Kier molecular flexibility index (Phi) is 3.52. The third-order valence-electron chi connectivity index (χ3n) is 2.96. The van der Waals surface area contributed by atoms with Crippen LogP contribution in [0, 0.1) is 5.41 Å². The van der Waals surface area contributed by atoms with Gasteiger partial charge in [0.2, 0.25) is 11.8 Å². The van der Waals surface area contributed by atoms with Crippen molar-refractivity contribution >= 4 is 27.7 Å². The van der Waals surface area contributed by atoms with Gasteiger partial charge < -0.3 is 0 Å². The van der Waals surface area contributed by atoms with Crippen molar-refractivity contribution in [1.82, 2.24) is 9.88 Å². The average molecular weight is 311 g/mol. The third kappa shape index (κ3) is 2.96. The Morgan fingerprint density at radius 3 is 2.44 bits per heavy atom. The van der Waals surface area contributed by atoms with Crippen LogP contribution in [-0.4, -0.2) is 21.7 Å². The van der Waals surface area contributed by atoms with Crippen molar-refractivity contribution in [2.24, 2.45) is 5.41 Å². The van der Waals surface area contributed by atoms with Gasteiger partial charge >= 0.3 is 0 Å². The van der Waals surface area contributed by atoms with E-state index in [4.69, 9.17) is 0 Å². The van der Waals surface area contributed by atoms with E-state index in [2.05, 4.69) is 20.9 Å². The zero-order chi connectivity index (χ0) is 13.3. The van der Waals surface area contributed by atoms with Crippen molar-refractivity contribution in [3.8, 4) is 0 Å². The molecular formula is C13H15BrN2O2. The Morgan fingerprint density at radius 2 is 1.89 bits per heavy atom. The minimum absolute atomic E-state index is 0.101. The topological polar surface area (TPSA) is 50.3 Å². The molecule has 1 saturated heterocycles. The van der Waals surface area contributed by atoms with Gasteiger partial charge in [-0.05, 0) is 33.0 Å². The summed E-state index contributed by atoms with van der Waals surface area (Å²) in [4.78, 5) is 29.3. The number of amides is 2. The maximum Gasteiger partial charge on any atom is 0.230 e. The van der Waals surface area contributed by atoms with E-state index >= 15 is 0 Å². The first-order valence-electron chi connectivity index (χ1n) is 5.80. The standard InChI is InChI=1S/C13H15BrN2O2/c1-13(2)4-11(17)16(12(18)5-13)8-9-3-10(14)7-15-6-9/h3,6-7H,4-5,8H2,1-2H3. The van der Waals surface area contributed by atoms with Gasteiger partial charge in [0.05, 0.1) is 6.54 Å². The van der Waals surface area contributed by atoms with E-state index in [1.165, 1.54) is 4.90 Å². The first kappa shape index (κ1) is 13.2. The number of rotatable bonds is 2. The Morgan fingerprint density at radius 1 is 1.28 bits per heavy atom. The lowest BCUT2D eigenvalue weighted by molar-refractivity contribution is -0.153. The fraction of sp³-hybridized carbons (Fsp3) is 0.462. The van der Waals surface area contributed by atoms with Gasteiger partial charge in [-0.15, -0.1) is 0 Å². The molecule has 1 aliphatic rings. The number of likely N-dealkylation sites (tertiary alicyclic amines) is 1. The maximum absolute atomic E-state index is 12.0. The van der Waals surface area contributed by atoms with Crippen LogP contribution in [0.4, 0.5) is 0 Å². The molecule has 18 heavy (non-hydrogen) atoms. The van der Waals surface area contributed by atoms with Gasteiger partial charge in [0.25, 0.3) is 0 Å². The number of imide groups is 1. The van der Waals surface area contributed by atoms with Crippen LogP contribution in [0.3, 0.4) is 0 Å². The zero-order valence-electron chi connectivity index (χ0n) is 10.4. The third-order valence-corrected chi connectivity index (χ3v) is 3.40. The van der Waals surface area contributed by atoms with Crippen LogP contribution in [0.2, 0.25) is 0 Å². The molecule has 0 bridgehead atoms. The number of carbonyl (C=O) groups is 2. The van der Waals surface area contributed by atoms with Crippen molar-refractivity contribution in [1.29, 1.82) is 0 Å². The molecule has 1 aromatic heterocycles. The zero-order valence-corrected chi connectivity index (χ0v) is 12.0. The summed E-state index contributed by atoms with van der Waals surface area (Å²) < 4.78 is 0.845. The second-order valence-electron chi connectivity index (χ2n) is 5.40. The SMILES string of the molecule is CC1(C)CC(=O)N(Cc2cncc(Br)c2)C(=O)C1. The van der Waals surface area contributed by atoms with Gasteiger partial charge in [0, 0.05) is 29.7 Å². The van der Waals surface area contributed by atoms with E-state index in [0.29, 0.717) is 19.4 Å². The van der Waals surface area contributed by atoms with E-state index in [9.17, 15) is 9.59 Å². The van der Waals surface area contributed by atoms with Crippen LogP contribution in [0.5, 0.6) is 0 Å². The molecule has 0 unspecified atom stereocenters. The molecular weight excluding hydrogens is 296 g/mol. The molecule has 2 rings (SSSR count). The molecule has 0 aliphatic carbocycles. The van der Waals surface area contributed by atoms with Crippen molar-refractivity contribution in [2.45, 2.75) is 33.2 Å². The molecule has 0 N–H and O–H groups in total. The molecule has 96 valence electrons. The van der Waals surface area contributed by atoms with Gasteiger partial charge in [0.1, 0.15) is 0 Å². The second kappa shape index (κ2) is 4.80. The highest BCUT2D eigenvalue weighted by Gasteiger charge is 2.37. The monoisotopic (exact) mass is 310 g/mol. The number of pyridine rings is 1. The van der Waals surface area contributed by atoms with Crippen LogP contribution in [0.15, 0.2) is 22.9 Å². The van der Waals surface area contributed by atoms with E-state index in [0.717, 1.165) is 10.0 Å². The quantitative estimate of drug-likeness (QED) is 0.789. The highest BCUT2D eigenvalue weighted by atomic mass is 79.9. The summed E-state index contributed by atoms with van der Waals surface area (Å²) in [6.07, 6.45) is 4.18. The molecule has 0 radical (unpaired) electrons. The Labute approximate surface area is 115 Å². The molecule has 1 aromatic rings. The summed E-state index contributed by atoms with van der Waals surface area (Å²) in [6.45, 7) is 4.20. The predicted octanol–water partition coefficient (Wildman–Crippen LogP) is 2.52. The summed E-state index contributed by atoms with van der Waals surface area (Å²) in [5, 5.41) is 0. The van der Waals surface area contributed by atoms with Crippen LogP contribution >= 0.6 is 15.9 Å². The molecule has 5 heteroatoms. The van der Waals surface area contributed by atoms with Crippen LogP contribution in [0.1, 0.15) is 32.3 Å². The maximum atomic E-state index is 12.0. The van der Waals surface area contributed by atoms with Gasteiger partial charge in [0.15, 0.2) is 0 Å². The highest BCUT2D eigenvalue weighted by molar-refractivity contribution is 9.10. The number of nitrogens with zero attached hydrogens (tertiary/aromatic N) is 2. The molecule has 4 nitrogen and oxygen atoms in total. The van der Waals surface area contributed by atoms with Crippen LogP contribution in [-0.2, 0) is 16.1 Å². The van der Waals surface area contributed by atoms with E-state index in [1.54, 1.807) is 12.4 Å². The number of piperidine rings is 1. The fourth-order valence-electron chi connectivity index (χ4n) is 2.11. The Balaban J connectivity index is 2.15. The molecule has 0 aromatic carbocycles. The first-order chi connectivity index (χ1) is 8.37. The minimum Gasteiger partial charge on any atom is -0.278 e. The van der Waals surface area contributed by atoms with Gasteiger partial charge in [-0.2, -0.15) is 0 Å². The summed E-state index contributed by atoms with van der Waals surface area (Å²) in [7, 11) is 0. The van der Waals surface area contributed by atoms with Crippen molar-refractivity contribution in [2.75, 3.05) is 0 Å². The number of halogens is 1. The van der Waals surface area contributed by atoms with E-state index < -0.39 is 0 Å². The highest BCUT2D eigenvalue weighted by Crippen LogP contribution is 2.32. The Bertz CT molecular complexity index is 480. The van der Waals surface area contributed by atoms with Crippen molar-refractivity contribution in [3.05, 3.63) is 28.5 Å². The number of hydrogen-bond acceptors (Lipinski definition) is 3. The van der Waals surface area contributed by atoms with Gasteiger partial charge in [-0.1, -0.05) is 13.8 Å². The minimum atomic E-state index is -0.222. The molecule has 0 atom stereocenters. The predicted molar refractivity (Wildman–Crippen MR) is 70.5 cm³/mol. The molecule has 1 fully saturated rings. The first-order valence-corrected chi connectivity index (χ1v) is 6.59. The molecule has 0 spiro atoms.